The first-order chi connectivity index (χ1) is 5.41. The monoisotopic (exact) mass is 148 g/mol. The maximum absolute atomic E-state index is 2.27. The Morgan fingerprint density at radius 2 is 1.18 bits per heavy atom. The van der Waals surface area contributed by atoms with E-state index in [1.54, 1.807) is 0 Å². The Bertz CT molecular complexity index is 53.9. The summed E-state index contributed by atoms with van der Waals surface area (Å²) in [5, 5.41) is 1.37. The molecular formula is C10H21Li. The van der Waals surface area contributed by atoms with Gasteiger partial charge in [-0.25, -0.2) is 0 Å². The molecule has 0 aromatic rings. The molecule has 0 radical (unpaired) electrons. The van der Waals surface area contributed by atoms with Crippen LogP contribution in [0.4, 0.5) is 0 Å². The van der Waals surface area contributed by atoms with Gasteiger partial charge in [-0.05, 0) is 0 Å². The zero-order valence-corrected chi connectivity index (χ0v) is 8.36. The number of rotatable bonds is 8. The van der Waals surface area contributed by atoms with E-state index in [4.69, 9.17) is 0 Å². The van der Waals surface area contributed by atoms with E-state index in [-0.39, 0.29) is 0 Å². The van der Waals surface area contributed by atoms with Gasteiger partial charge in [0.25, 0.3) is 0 Å². The van der Waals surface area contributed by atoms with Gasteiger partial charge >= 0.3 is 81.1 Å². The summed E-state index contributed by atoms with van der Waals surface area (Å²) in [6, 6.07) is 0. The molecule has 0 aliphatic heterocycles. The molecule has 0 aromatic heterocycles. The molecule has 0 aromatic carbocycles. The van der Waals surface area contributed by atoms with Crippen LogP contribution in [0.2, 0.25) is 5.09 Å². The van der Waals surface area contributed by atoms with Crippen LogP contribution in [0.1, 0.15) is 58.3 Å². The average molecular weight is 148 g/mol. The van der Waals surface area contributed by atoms with Gasteiger partial charge in [-0.2, -0.15) is 0 Å². The minimum atomic E-state index is 1.37. The summed E-state index contributed by atoms with van der Waals surface area (Å²) in [6.45, 7) is 2.27. The minimum absolute atomic E-state index is 1.37. The summed E-state index contributed by atoms with van der Waals surface area (Å²) < 4.78 is 0. The molecule has 0 spiro atoms. The molecule has 0 bridgehead atoms. The number of unbranched alkanes of at least 4 members (excludes halogenated alkanes) is 7. The van der Waals surface area contributed by atoms with Gasteiger partial charge in [0.1, 0.15) is 0 Å². The summed E-state index contributed by atoms with van der Waals surface area (Å²) in [7, 11) is 0. The SMILES string of the molecule is [Li][CH2]CCCCCCCCC. The van der Waals surface area contributed by atoms with E-state index in [0.29, 0.717) is 0 Å². The van der Waals surface area contributed by atoms with Crippen molar-refractivity contribution in [1.29, 1.82) is 0 Å². The normalized spacial score (nSPS) is 10.5. The predicted octanol–water partition coefficient (Wildman–Crippen LogP) is 3.71. The third-order valence-electron chi connectivity index (χ3n) is 2.21. The standard InChI is InChI=1S/C10H21.Li/c1-3-5-7-9-10-8-6-4-2;/h1,3-10H2,2H3;. The summed E-state index contributed by atoms with van der Waals surface area (Å²) in [5.41, 5.74) is 0. The Labute approximate surface area is 81.3 Å². The molecule has 62 valence electrons. The van der Waals surface area contributed by atoms with E-state index in [9.17, 15) is 0 Å². The Morgan fingerprint density at radius 1 is 0.727 bits per heavy atom. The van der Waals surface area contributed by atoms with Crippen LogP contribution in [0.3, 0.4) is 0 Å². The van der Waals surface area contributed by atoms with Gasteiger partial charge in [-0.15, -0.1) is 0 Å². The van der Waals surface area contributed by atoms with E-state index >= 15 is 0 Å². The molecule has 0 saturated carbocycles. The molecule has 11 heavy (non-hydrogen) atoms. The number of hydrogen-bond acceptors (Lipinski definition) is 0. The van der Waals surface area contributed by atoms with Crippen molar-refractivity contribution in [2.45, 2.75) is 63.4 Å². The molecule has 0 heterocycles. The first-order valence-electron chi connectivity index (χ1n) is 5.41. The third-order valence-corrected chi connectivity index (χ3v) is 2.21. The molecule has 0 saturated heterocycles. The van der Waals surface area contributed by atoms with Crippen LogP contribution in [0.25, 0.3) is 0 Å². The Hall–Kier alpha value is 0.597. The molecule has 0 aliphatic rings. The van der Waals surface area contributed by atoms with Crippen LogP contribution in [0.15, 0.2) is 0 Å². The van der Waals surface area contributed by atoms with Crippen LogP contribution < -0.4 is 0 Å². The van der Waals surface area contributed by atoms with Crippen LogP contribution in [0.5, 0.6) is 0 Å². The molecule has 0 aliphatic carbocycles. The van der Waals surface area contributed by atoms with Gasteiger partial charge in [-0.3, -0.25) is 0 Å². The van der Waals surface area contributed by atoms with Crippen molar-refractivity contribution < 1.29 is 0 Å². The van der Waals surface area contributed by atoms with Gasteiger partial charge in [0.05, 0.1) is 0 Å². The topological polar surface area (TPSA) is 0 Å². The summed E-state index contributed by atoms with van der Waals surface area (Å²) >= 11 is 2.27. The average Bonchev–Trinajstić information content (AvgIpc) is 2.03. The van der Waals surface area contributed by atoms with Crippen molar-refractivity contribution in [3.05, 3.63) is 0 Å². The number of hydrogen-bond donors (Lipinski definition) is 0. The third kappa shape index (κ3) is 10.6. The molecule has 0 N–H and O–H groups in total. The van der Waals surface area contributed by atoms with Crippen molar-refractivity contribution in [1.82, 2.24) is 0 Å². The quantitative estimate of drug-likeness (QED) is 0.363. The Kier molecular flexibility index (Phi) is 11.2. The van der Waals surface area contributed by atoms with Gasteiger partial charge < -0.3 is 0 Å². The Morgan fingerprint density at radius 3 is 1.64 bits per heavy atom. The van der Waals surface area contributed by atoms with E-state index in [1.807, 2.05) is 0 Å². The molecule has 0 rings (SSSR count). The zero-order chi connectivity index (χ0) is 8.36. The Balaban J connectivity index is 2.69. The summed E-state index contributed by atoms with van der Waals surface area (Å²) in [6.07, 6.45) is 11.6. The van der Waals surface area contributed by atoms with Gasteiger partial charge in [0.15, 0.2) is 0 Å². The first-order valence-corrected chi connectivity index (χ1v) is 5.41. The van der Waals surface area contributed by atoms with Crippen molar-refractivity contribution in [3.8, 4) is 0 Å². The van der Waals surface area contributed by atoms with Gasteiger partial charge in [-0.1, -0.05) is 0 Å². The zero-order valence-electron chi connectivity index (χ0n) is 8.36. The summed E-state index contributed by atoms with van der Waals surface area (Å²) in [5.74, 6) is 0. The fourth-order valence-corrected chi connectivity index (χ4v) is 1.38. The maximum atomic E-state index is 2.27. The van der Waals surface area contributed by atoms with Crippen LogP contribution in [-0.4, -0.2) is 17.7 Å². The van der Waals surface area contributed by atoms with E-state index in [1.165, 1.54) is 56.5 Å². The van der Waals surface area contributed by atoms with Gasteiger partial charge in [0, 0.05) is 0 Å². The first kappa shape index (κ1) is 11.6. The van der Waals surface area contributed by atoms with Crippen LogP contribution in [-0.2, 0) is 0 Å². The van der Waals surface area contributed by atoms with E-state index in [2.05, 4.69) is 24.6 Å². The van der Waals surface area contributed by atoms with E-state index in [0.717, 1.165) is 0 Å². The molecule has 0 amide bonds. The second-order valence-corrected chi connectivity index (χ2v) is 3.47. The molecule has 0 unspecified atom stereocenters. The summed E-state index contributed by atoms with van der Waals surface area (Å²) in [4.78, 5) is 0. The fourth-order valence-electron chi connectivity index (χ4n) is 1.38. The molecular weight excluding hydrogens is 127 g/mol. The van der Waals surface area contributed by atoms with Crippen molar-refractivity contribution in [2.24, 2.45) is 0 Å². The van der Waals surface area contributed by atoms with Crippen molar-refractivity contribution in [2.75, 3.05) is 0 Å². The van der Waals surface area contributed by atoms with Crippen LogP contribution >= 0.6 is 0 Å². The molecule has 0 fully saturated rings. The molecule has 1 heteroatoms. The van der Waals surface area contributed by atoms with Crippen molar-refractivity contribution in [3.63, 3.8) is 0 Å². The van der Waals surface area contributed by atoms with Crippen molar-refractivity contribution >= 4 is 17.7 Å². The van der Waals surface area contributed by atoms with Gasteiger partial charge in [0.2, 0.25) is 0 Å². The predicted molar refractivity (Wildman–Crippen MR) is 53.2 cm³/mol. The molecule has 0 nitrogen and oxygen atoms in total. The molecule has 0 atom stereocenters. The fraction of sp³-hybridized carbons (Fsp3) is 1.00. The second-order valence-electron chi connectivity index (χ2n) is 3.47. The van der Waals surface area contributed by atoms with E-state index < -0.39 is 0 Å². The second kappa shape index (κ2) is 10.6. The van der Waals surface area contributed by atoms with Crippen LogP contribution in [0, 0.1) is 0 Å².